The van der Waals surface area contributed by atoms with Gasteiger partial charge in [0.2, 0.25) is 0 Å². The second kappa shape index (κ2) is 7.15. The summed E-state index contributed by atoms with van der Waals surface area (Å²) in [6.45, 7) is 7.02. The number of benzene rings is 1. The Morgan fingerprint density at radius 2 is 1.95 bits per heavy atom. The van der Waals surface area contributed by atoms with E-state index in [2.05, 4.69) is 43.0 Å². The number of hydrogen-bond acceptors (Lipinski definition) is 2. The minimum atomic E-state index is 0.695. The number of aryl methyl sites for hydroxylation is 1. The molecule has 0 saturated heterocycles. The van der Waals surface area contributed by atoms with Gasteiger partial charge in [-0.25, -0.2) is 0 Å². The van der Waals surface area contributed by atoms with Crippen molar-refractivity contribution < 1.29 is 4.42 Å². The molecule has 2 heteroatoms. The monoisotopic (exact) mass is 297 g/mol. The molecule has 0 fully saturated rings. The molecule has 0 radical (unpaired) electrons. The van der Waals surface area contributed by atoms with E-state index in [1.807, 2.05) is 6.26 Å². The first-order chi connectivity index (χ1) is 10.8. The van der Waals surface area contributed by atoms with Crippen molar-refractivity contribution in [1.82, 2.24) is 4.90 Å². The van der Waals surface area contributed by atoms with Crippen molar-refractivity contribution in [1.29, 1.82) is 0 Å². The van der Waals surface area contributed by atoms with E-state index >= 15 is 0 Å². The summed E-state index contributed by atoms with van der Waals surface area (Å²) in [5.41, 5.74) is 5.65. The molecule has 0 N–H and O–H groups in total. The summed E-state index contributed by atoms with van der Waals surface area (Å²) in [5, 5.41) is 0. The van der Waals surface area contributed by atoms with E-state index in [1.165, 1.54) is 67.4 Å². The fraction of sp³-hybridized carbons (Fsp3) is 0.500. The third-order valence-corrected chi connectivity index (χ3v) is 4.83. The van der Waals surface area contributed by atoms with Gasteiger partial charge in [-0.05, 0) is 68.0 Å². The molecule has 1 aliphatic carbocycles. The molecule has 1 aromatic carbocycles. The summed E-state index contributed by atoms with van der Waals surface area (Å²) in [6, 6.07) is 9.52. The molecule has 1 aromatic heterocycles. The van der Waals surface area contributed by atoms with Crippen LogP contribution in [0.15, 0.2) is 41.2 Å². The number of nitrogens with zero attached hydrogens (tertiary/aromatic N) is 1. The predicted octanol–water partition coefficient (Wildman–Crippen LogP) is 4.93. The van der Waals surface area contributed by atoms with Gasteiger partial charge in [-0.3, -0.25) is 0 Å². The largest absolute Gasteiger partial charge is 0.472 e. The highest BCUT2D eigenvalue weighted by Crippen LogP contribution is 2.33. The van der Waals surface area contributed by atoms with Crippen LogP contribution in [0.2, 0.25) is 0 Å². The fourth-order valence-electron chi connectivity index (χ4n) is 3.82. The molecular weight excluding hydrogens is 270 g/mol. The third-order valence-electron chi connectivity index (χ3n) is 4.83. The SMILES string of the molecule is CCCN(CCC)C1CCc2cccc(-c3ccoc3)c2C1. The van der Waals surface area contributed by atoms with Crippen LogP contribution in [0.5, 0.6) is 0 Å². The van der Waals surface area contributed by atoms with Gasteiger partial charge in [0.1, 0.15) is 0 Å². The lowest BCUT2D eigenvalue weighted by Crippen LogP contribution is -2.40. The van der Waals surface area contributed by atoms with Crippen LogP contribution in [0.4, 0.5) is 0 Å². The second-order valence-electron chi connectivity index (χ2n) is 6.39. The average molecular weight is 297 g/mol. The normalized spacial score (nSPS) is 17.7. The van der Waals surface area contributed by atoms with Crippen molar-refractivity contribution in [3.63, 3.8) is 0 Å². The average Bonchev–Trinajstić information content (AvgIpc) is 3.08. The van der Waals surface area contributed by atoms with Crippen LogP contribution in [-0.4, -0.2) is 24.0 Å². The molecule has 2 nitrogen and oxygen atoms in total. The molecule has 0 aliphatic heterocycles. The van der Waals surface area contributed by atoms with Crippen LogP contribution in [0.3, 0.4) is 0 Å². The summed E-state index contributed by atoms with van der Waals surface area (Å²) in [7, 11) is 0. The fourth-order valence-corrected chi connectivity index (χ4v) is 3.82. The van der Waals surface area contributed by atoms with E-state index in [0.717, 1.165) is 0 Å². The maximum Gasteiger partial charge on any atom is 0.0981 e. The van der Waals surface area contributed by atoms with Gasteiger partial charge in [0.15, 0.2) is 0 Å². The molecule has 0 bridgehead atoms. The predicted molar refractivity (Wildman–Crippen MR) is 92.1 cm³/mol. The summed E-state index contributed by atoms with van der Waals surface area (Å²) in [5.74, 6) is 0. The lowest BCUT2D eigenvalue weighted by atomic mass is 9.83. The zero-order valence-electron chi connectivity index (χ0n) is 13.8. The van der Waals surface area contributed by atoms with Crippen molar-refractivity contribution in [2.45, 2.75) is 52.0 Å². The van der Waals surface area contributed by atoms with E-state index in [0.29, 0.717) is 6.04 Å². The molecule has 0 amide bonds. The molecule has 0 saturated carbocycles. The molecule has 1 aliphatic rings. The Balaban J connectivity index is 1.88. The van der Waals surface area contributed by atoms with E-state index in [9.17, 15) is 0 Å². The van der Waals surface area contributed by atoms with Crippen LogP contribution in [0.25, 0.3) is 11.1 Å². The molecular formula is C20H27NO. The lowest BCUT2D eigenvalue weighted by molar-refractivity contribution is 0.180. The highest BCUT2D eigenvalue weighted by Gasteiger charge is 2.25. The Hall–Kier alpha value is -1.54. The zero-order valence-corrected chi connectivity index (χ0v) is 13.8. The molecule has 118 valence electrons. The van der Waals surface area contributed by atoms with Crippen molar-refractivity contribution in [3.8, 4) is 11.1 Å². The standard InChI is InChI=1S/C20H27NO/c1-3-11-21(12-4-2)18-9-8-16-6-5-7-19(20(16)14-18)17-10-13-22-15-17/h5-7,10,13,15,18H,3-4,8-9,11-12,14H2,1-2H3. The summed E-state index contributed by atoms with van der Waals surface area (Å²) in [4.78, 5) is 2.70. The van der Waals surface area contributed by atoms with Gasteiger partial charge in [-0.15, -0.1) is 0 Å². The van der Waals surface area contributed by atoms with Gasteiger partial charge in [0.25, 0.3) is 0 Å². The maximum atomic E-state index is 5.30. The summed E-state index contributed by atoms with van der Waals surface area (Å²) < 4.78 is 5.30. The molecule has 1 unspecified atom stereocenters. The summed E-state index contributed by atoms with van der Waals surface area (Å²) in [6.07, 6.45) is 9.80. The third kappa shape index (κ3) is 3.12. The minimum absolute atomic E-state index is 0.695. The van der Waals surface area contributed by atoms with Crippen LogP contribution in [0, 0.1) is 0 Å². The minimum Gasteiger partial charge on any atom is -0.472 e. The van der Waals surface area contributed by atoms with Crippen LogP contribution < -0.4 is 0 Å². The van der Waals surface area contributed by atoms with E-state index < -0.39 is 0 Å². The molecule has 2 aromatic rings. The first-order valence-corrected chi connectivity index (χ1v) is 8.70. The summed E-state index contributed by atoms with van der Waals surface area (Å²) >= 11 is 0. The Kier molecular flexibility index (Phi) is 4.99. The topological polar surface area (TPSA) is 16.4 Å². The van der Waals surface area contributed by atoms with Gasteiger partial charge < -0.3 is 9.32 Å². The number of hydrogen-bond donors (Lipinski definition) is 0. The molecule has 22 heavy (non-hydrogen) atoms. The van der Waals surface area contributed by atoms with Crippen LogP contribution in [0.1, 0.15) is 44.2 Å². The van der Waals surface area contributed by atoms with Crippen molar-refractivity contribution in [3.05, 3.63) is 47.9 Å². The highest BCUT2D eigenvalue weighted by molar-refractivity contribution is 5.68. The second-order valence-corrected chi connectivity index (χ2v) is 6.39. The number of furan rings is 1. The number of rotatable bonds is 6. The zero-order chi connectivity index (χ0) is 15.4. The van der Waals surface area contributed by atoms with Crippen molar-refractivity contribution in [2.75, 3.05) is 13.1 Å². The molecule has 3 rings (SSSR count). The quantitative estimate of drug-likeness (QED) is 0.752. The smallest absolute Gasteiger partial charge is 0.0981 e. The molecule has 1 atom stereocenters. The van der Waals surface area contributed by atoms with Gasteiger partial charge in [-0.2, -0.15) is 0 Å². The number of fused-ring (bicyclic) bond motifs is 1. The van der Waals surface area contributed by atoms with E-state index in [-0.39, 0.29) is 0 Å². The van der Waals surface area contributed by atoms with Gasteiger partial charge in [0.05, 0.1) is 12.5 Å². The van der Waals surface area contributed by atoms with E-state index in [1.54, 1.807) is 6.26 Å². The first-order valence-electron chi connectivity index (χ1n) is 8.70. The van der Waals surface area contributed by atoms with Gasteiger partial charge >= 0.3 is 0 Å². The lowest BCUT2D eigenvalue weighted by Gasteiger charge is -2.35. The van der Waals surface area contributed by atoms with Crippen LogP contribution in [-0.2, 0) is 12.8 Å². The van der Waals surface area contributed by atoms with Crippen molar-refractivity contribution in [2.24, 2.45) is 0 Å². The Morgan fingerprint density at radius 3 is 2.64 bits per heavy atom. The van der Waals surface area contributed by atoms with Crippen molar-refractivity contribution >= 4 is 0 Å². The highest BCUT2D eigenvalue weighted by atomic mass is 16.3. The molecule has 0 spiro atoms. The Labute approximate surface area is 134 Å². The Bertz CT molecular complexity index is 582. The van der Waals surface area contributed by atoms with Gasteiger partial charge in [-0.1, -0.05) is 32.0 Å². The maximum absolute atomic E-state index is 5.30. The van der Waals surface area contributed by atoms with E-state index in [4.69, 9.17) is 4.42 Å². The van der Waals surface area contributed by atoms with Gasteiger partial charge in [0, 0.05) is 11.6 Å². The van der Waals surface area contributed by atoms with Crippen LogP contribution >= 0.6 is 0 Å². The molecule has 1 heterocycles. The Morgan fingerprint density at radius 1 is 1.14 bits per heavy atom. The first kappa shape index (κ1) is 15.4.